The summed E-state index contributed by atoms with van der Waals surface area (Å²) in [5, 5.41) is 22.2. The molecule has 0 spiro atoms. The van der Waals surface area contributed by atoms with E-state index in [-0.39, 0.29) is 12.4 Å². The molecule has 0 unspecified atom stereocenters. The Kier molecular flexibility index (Phi) is 3.91. The molecule has 0 aliphatic carbocycles. The van der Waals surface area contributed by atoms with E-state index in [1.165, 1.54) is 18.5 Å². The normalized spacial score (nSPS) is 10.5. The third kappa shape index (κ3) is 2.97. The van der Waals surface area contributed by atoms with E-state index in [1.54, 1.807) is 13.0 Å². The maximum atomic E-state index is 12.7. The number of hydrogen-bond donors (Lipinski definition) is 3. The molecule has 0 aliphatic heterocycles. The van der Waals surface area contributed by atoms with Crippen LogP contribution in [0.1, 0.15) is 16.8 Å². The topological polar surface area (TPSA) is 78.3 Å². The van der Waals surface area contributed by atoms with Crippen LogP contribution < -0.4 is 5.32 Å². The van der Waals surface area contributed by atoms with E-state index in [2.05, 4.69) is 15.3 Å². The summed E-state index contributed by atoms with van der Waals surface area (Å²) >= 11 is 0. The van der Waals surface area contributed by atoms with Gasteiger partial charge in [-0.25, -0.2) is 4.98 Å². The number of aliphatic hydroxyl groups is 1. The lowest BCUT2D eigenvalue weighted by Gasteiger charge is -2.12. The molecular formula is C13H14FN3O2. The van der Waals surface area contributed by atoms with Gasteiger partial charge in [0.15, 0.2) is 0 Å². The summed E-state index contributed by atoms with van der Waals surface area (Å²) in [5.41, 5.74) is 2.23. The fraction of sp³-hybridized carbons (Fsp3) is 0.231. The highest BCUT2D eigenvalue weighted by molar-refractivity contribution is 5.46. The third-order valence-electron chi connectivity index (χ3n) is 2.80. The van der Waals surface area contributed by atoms with Gasteiger partial charge >= 0.3 is 0 Å². The highest BCUT2D eigenvalue weighted by Crippen LogP contribution is 2.24. The van der Waals surface area contributed by atoms with E-state index < -0.39 is 5.95 Å². The predicted octanol–water partition coefficient (Wildman–Crippen LogP) is 1.73. The molecule has 3 N–H and O–H groups in total. The summed E-state index contributed by atoms with van der Waals surface area (Å²) in [5.74, 6) is -0.502. The summed E-state index contributed by atoms with van der Waals surface area (Å²) in [7, 11) is 0. The van der Waals surface area contributed by atoms with Gasteiger partial charge in [0.25, 0.3) is 0 Å². The molecule has 0 bridgehead atoms. The smallest absolute Gasteiger partial charge is 0.212 e. The minimum Gasteiger partial charge on any atom is -0.506 e. The van der Waals surface area contributed by atoms with E-state index in [0.717, 1.165) is 0 Å². The molecule has 2 aromatic rings. The Hall–Kier alpha value is -2.21. The van der Waals surface area contributed by atoms with Crippen LogP contribution in [0.4, 0.5) is 10.1 Å². The molecule has 0 aliphatic rings. The van der Waals surface area contributed by atoms with Crippen LogP contribution in [0.2, 0.25) is 0 Å². The second kappa shape index (κ2) is 5.62. The molecule has 0 saturated heterocycles. The van der Waals surface area contributed by atoms with Crippen molar-refractivity contribution in [3.63, 3.8) is 0 Å². The first kappa shape index (κ1) is 13.2. The number of aryl methyl sites for hydroxylation is 1. The van der Waals surface area contributed by atoms with Crippen LogP contribution in [0.15, 0.2) is 24.5 Å². The van der Waals surface area contributed by atoms with Gasteiger partial charge < -0.3 is 15.5 Å². The molecule has 0 radical (unpaired) electrons. The van der Waals surface area contributed by atoms with Gasteiger partial charge in [-0.15, -0.1) is 0 Å². The molecular weight excluding hydrogens is 249 g/mol. The zero-order valence-electron chi connectivity index (χ0n) is 10.4. The van der Waals surface area contributed by atoms with Crippen LogP contribution >= 0.6 is 0 Å². The average molecular weight is 263 g/mol. The zero-order valence-corrected chi connectivity index (χ0v) is 10.4. The third-order valence-corrected chi connectivity index (χ3v) is 2.80. The fourth-order valence-electron chi connectivity index (χ4n) is 1.69. The molecule has 2 heterocycles. The number of halogens is 1. The molecule has 5 nitrogen and oxygen atoms in total. The van der Waals surface area contributed by atoms with E-state index >= 15 is 0 Å². The number of nitrogens with one attached hydrogen (secondary N) is 1. The number of pyridine rings is 2. The van der Waals surface area contributed by atoms with Crippen molar-refractivity contribution in [3.05, 3.63) is 47.3 Å². The summed E-state index contributed by atoms with van der Waals surface area (Å²) < 4.78 is 12.7. The van der Waals surface area contributed by atoms with Crippen LogP contribution in [-0.4, -0.2) is 20.2 Å². The molecule has 100 valence electrons. The first-order valence-corrected chi connectivity index (χ1v) is 5.74. The molecule has 19 heavy (non-hydrogen) atoms. The first-order chi connectivity index (χ1) is 9.11. The summed E-state index contributed by atoms with van der Waals surface area (Å²) in [4.78, 5) is 7.50. The largest absolute Gasteiger partial charge is 0.506 e. The highest BCUT2D eigenvalue weighted by atomic mass is 19.1. The first-order valence-electron chi connectivity index (χ1n) is 5.74. The second-order valence-corrected chi connectivity index (χ2v) is 4.08. The van der Waals surface area contributed by atoms with Gasteiger partial charge in [-0.05, 0) is 19.1 Å². The Balaban J connectivity index is 2.19. The van der Waals surface area contributed by atoms with Crippen molar-refractivity contribution in [2.45, 2.75) is 20.1 Å². The average Bonchev–Trinajstić information content (AvgIpc) is 2.42. The molecule has 0 fully saturated rings. The minimum atomic E-state index is -0.552. The summed E-state index contributed by atoms with van der Waals surface area (Å²) in [6.45, 7) is 1.76. The number of aromatic nitrogens is 2. The fourth-order valence-corrected chi connectivity index (χ4v) is 1.69. The van der Waals surface area contributed by atoms with E-state index in [9.17, 15) is 14.6 Å². The van der Waals surface area contributed by atoms with Gasteiger partial charge in [0, 0.05) is 23.9 Å². The molecule has 2 rings (SSSR count). The standard InChI is InChI=1S/C13H14FN3O2/c1-8-13(19)11(9(7-18)4-15-8)6-16-10-2-3-12(14)17-5-10/h2-5,16,18-19H,6-7H2,1H3. The van der Waals surface area contributed by atoms with E-state index in [0.29, 0.717) is 29.1 Å². The van der Waals surface area contributed by atoms with Crippen molar-refractivity contribution in [1.82, 2.24) is 9.97 Å². The summed E-state index contributed by atoms with van der Waals surface area (Å²) in [6, 6.07) is 2.79. The quantitative estimate of drug-likeness (QED) is 0.732. The second-order valence-electron chi connectivity index (χ2n) is 4.08. The van der Waals surface area contributed by atoms with Crippen molar-refractivity contribution >= 4 is 5.69 Å². The van der Waals surface area contributed by atoms with Crippen LogP contribution in [-0.2, 0) is 13.2 Å². The van der Waals surface area contributed by atoms with E-state index in [4.69, 9.17) is 0 Å². The van der Waals surface area contributed by atoms with Gasteiger partial charge in [0.1, 0.15) is 5.75 Å². The minimum absolute atomic E-state index is 0.0501. The number of aliphatic hydroxyl groups excluding tert-OH is 1. The molecule has 0 amide bonds. The van der Waals surface area contributed by atoms with Crippen molar-refractivity contribution in [2.24, 2.45) is 0 Å². The number of hydrogen-bond acceptors (Lipinski definition) is 5. The molecule has 6 heteroatoms. The summed E-state index contributed by atoms with van der Waals surface area (Å²) in [6.07, 6.45) is 2.88. The lowest BCUT2D eigenvalue weighted by Crippen LogP contribution is -2.06. The van der Waals surface area contributed by atoms with Gasteiger partial charge in [0.05, 0.1) is 24.2 Å². The molecule has 0 atom stereocenters. The predicted molar refractivity (Wildman–Crippen MR) is 68.1 cm³/mol. The number of nitrogens with zero attached hydrogens (tertiary/aromatic N) is 2. The van der Waals surface area contributed by atoms with Crippen LogP contribution in [0.5, 0.6) is 5.75 Å². The van der Waals surface area contributed by atoms with Crippen LogP contribution in [0.3, 0.4) is 0 Å². The zero-order chi connectivity index (χ0) is 13.8. The van der Waals surface area contributed by atoms with Gasteiger partial charge in [-0.2, -0.15) is 4.39 Å². The van der Waals surface area contributed by atoms with Crippen LogP contribution in [0.25, 0.3) is 0 Å². The highest BCUT2D eigenvalue weighted by Gasteiger charge is 2.11. The van der Waals surface area contributed by atoms with Crippen molar-refractivity contribution in [3.8, 4) is 5.75 Å². The van der Waals surface area contributed by atoms with Gasteiger partial charge in [-0.1, -0.05) is 0 Å². The SMILES string of the molecule is Cc1ncc(CO)c(CNc2ccc(F)nc2)c1O. The maximum Gasteiger partial charge on any atom is 0.212 e. The molecule has 0 saturated carbocycles. The number of rotatable bonds is 4. The Morgan fingerprint density at radius 3 is 2.68 bits per heavy atom. The van der Waals surface area contributed by atoms with Gasteiger partial charge in [0.2, 0.25) is 5.95 Å². The molecule has 2 aromatic heterocycles. The Labute approximate surface area is 109 Å². The lowest BCUT2D eigenvalue weighted by molar-refractivity contribution is 0.279. The lowest BCUT2D eigenvalue weighted by atomic mass is 10.1. The van der Waals surface area contributed by atoms with Gasteiger partial charge in [-0.3, -0.25) is 4.98 Å². The monoisotopic (exact) mass is 263 g/mol. The van der Waals surface area contributed by atoms with E-state index in [1.807, 2.05) is 0 Å². The molecule has 0 aromatic carbocycles. The van der Waals surface area contributed by atoms with Crippen molar-refractivity contribution in [2.75, 3.05) is 5.32 Å². The van der Waals surface area contributed by atoms with Crippen LogP contribution in [0, 0.1) is 12.9 Å². The Morgan fingerprint density at radius 1 is 1.26 bits per heavy atom. The Morgan fingerprint density at radius 2 is 2.05 bits per heavy atom. The van der Waals surface area contributed by atoms with Crippen molar-refractivity contribution in [1.29, 1.82) is 0 Å². The maximum absolute atomic E-state index is 12.7. The van der Waals surface area contributed by atoms with Crippen molar-refractivity contribution < 1.29 is 14.6 Å². The number of aromatic hydroxyl groups is 1. The number of anilines is 1. The Bertz CT molecular complexity index is 573.